The Morgan fingerprint density at radius 2 is 2.50 bits per heavy atom. The lowest BCUT2D eigenvalue weighted by molar-refractivity contribution is -0.108. The summed E-state index contributed by atoms with van der Waals surface area (Å²) in [6, 6.07) is 0. The second-order valence-corrected chi connectivity index (χ2v) is 1.59. The largest absolute Gasteiger partial charge is 0.453 e. The summed E-state index contributed by atoms with van der Waals surface area (Å²) in [5.74, 6) is 0.412. The molecular formula is C3HBrO2. The molecule has 0 saturated heterocycles. The number of halogens is 1. The zero-order valence-corrected chi connectivity index (χ0v) is 4.36. The highest BCUT2D eigenvalue weighted by Gasteiger charge is 2.15. The van der Waals surface area contributed by atoms with Gasteiger partial charge in [0.05, 0.1) is 0 Å². The fourth-order valence-corrected chi connectivity index (χ4v) is 0.309. The van der Waals surface area contributed by atoms with Crippen LogP contribution in [0.1, 0.15) is 0 Å². The third-order valence-electron chi connectivity index (χ3n) is 0.429. The molecule has 1 aliphatic heterocycles. The second kappa shape index (κ2) is 1.08. The maximum atomic E-state index is 9.93. The van der Waals surface area contributed by atoms with Crippen LogP contribution in [-0.2, 0) is 9.53 Å². The zero-order chi connectivity index (χ0) is 4.57. The van der Waals surface area contributed by atoms with Crippen molar-refractivity contribution in [3.63, 3.8) is 0 Å². The van der Waals surface area contributed by atoms with E-state index >= 15 is 0 Å². The van der Waals surface area contributed by atoms with Crippen LogP contribution in [0.25, 0.3) is 0 Å². The van der Waals surface area contributed by atoms with Gasteiger partial charge in [-0.1, -0.05) is 0 Å². The molecule has 3 heteroatoms. The van der Waals surface area contributed by atoms with Gasteiger partial charge in [0.25, 0.3) is 4.69 Å². The lowest BCUT2D eigenvalue weighted by Gasteiger charge is -1.66. The molecule has 2 nitrogen and oxygen atoms in total. The van der Waals surface area contributed by atoms with Crippen LogP contribution in [0.2, 0.25) is 0 Å². The zero-order valence-electron chi connectivity index (χ0n) is 2.77. The molecule has 0 spiro atoms. The van der Waals surface area contributed by atoms with Gasteiger partial charge in [-0.3, -0.25) is 4.79 Å². The van der Waals surface area contributed by atoms with Crippen molar-refractivity contribution in [2.45, 2.75) is 0 Å². The maximum Gasteiger partial charge on any atom is 0.266 e. The summed E-state index contributed by atoms with van der Waals surface area (Å²) in [6.45, 7) is 0. The summed E-state index contributed by atoms with van der Waals surface area (Å²) >= 11 is 2.67. The lowest BCUT2D eigenvalue weighted by atomic mass is 10.7. The van der Waals surface area contributed by atoms with Crippen molar-refractivity contribution < 1.29 is 9.53 Å². The normalized spacial score (nSPS) is 15.2. The lowest BCUT2D eigenvalue weighted by Crippen LogP contribution is -1.75. The molecule has 0 aromatic heterocycles. The molecule has 0 aromatic carbocycles. The van der Waals surface area contributed by atoms with E-state index in [-0.39, 0.29) is 4.69 Å². The monoisotopic (exact) mass is 148 g/mol. The minimum atomic E-state index is -0.178. The third-order valence-corrected chi connectivity index (χ3v) is 0.820. The van der Waals surface area contributed by atoms with Crippen LogP contribution < -0.4 is 0 Å². The van der Waals surface area contributed by atoms with E-state index in [9.17, 15) is 4.79 Å². The molecule has 0 atom stereocenters. The molecule has 32 valence electrons. The number of carbonyl (C=O) groups excluding carboxylic acids is 1. The van der Waals surface area contributed by atoms with Gasteiger partial charge < -0.3 is 4.74 Å². The number of hydrogen-bond donors (Lipinski definition) is 0. The van der Waals surface area contributed by atoms with Gasteiger partial charge in [-0.15, -0.1) is 0 Å². The van der Waals surface area contributed by atoms with Crippen LogP contribution >= 0.6 is 15.9 Å². The molecule has 0 fully saturated rings. The van der Waals surface area contributed by atoms with Crippen LogP contribution in [0.4, 0.5) is 0 Å². The van der Waals surface area contributed by atoms with Crippen molar-refractivity contribution in [2.24, 2.45) is 0 Å². The predicted molar refractivity (Wildman–Crippen MR) is 23.1 cm³/mol. The quantitative estimate of drug-likeness (QED) is 0.515. The van der Waals surface area contributed by atoms with Crippen LogP contribution in [0.3, 0.4) is 0 Å². The summed E-state index contributed by atoms with van der Waals surface area (Å²) in [4.78, 5) is 9.93. The van der Waals surface area contributed by atoms with Crippen molar-refractivity contribution >= 4 is 20.6 Å². The molecule has 6 heavy (non-hydrogen) atoms. The van der Waals surface area contributed by atoms with Crippen molar-refractivity contribution in [1.29, 1.82) is 0 Å². The van der Waals surface area contributed by atoms with Gasteiger partial charge in [-0.25, -0.2) is 0 Å². The minimum absolute atomic E-state index is 0.178. The molecule has 0 radical (unpaired) electrons. The van der Waals surface area contributed by atoms with Crippen LogP contribution in [0, 0.1) is 0 Å². The highest BCUT2D eigenvalue weighted by Crippen LogP contribution is 2.16. The maximum absolute atomic E-state index is 9.93. The van der Waals surface area contributed by atoms with Crippen molar-refractivity contribution in [2.75, 3.05) is 0 Å². The van der Waals surface area contributed by atoms with Gasteiger partial charge in [-0.05, 0) is 0 Å². The predicted octanol–water partition coefficient (Wildman–Crippen LogP) is 0.779. The highest BCUT2D eigenvalue weighted by atomic mass is 79.9. The third kappa shape index (κ3) is 0.597. The van der Waals surface area contributed by atoms with Gasteiger partial charge in [0.15, 0.2) is 0 Å². The van der Waals surface area contributed by atoms with Gasteiger partial charge in [0, 0.05) is 15.9 Å². The Morgan fingerprint density at radius 3 is 2.50 bits per heavy atom. The molecule has 0 aliphatic carbocycles. The van der Waals surface area contributed by atoms with E-state index in [1.54, 1.807) is 0 Å². The molecule has 0 saturated carbocycles. The van der Waals surface area contributed by atoms with E-state index in [4.69, 9.17) is 0 Å². The minimum Gasteiger partial charge on any atom is -0.453 e. The highest BCUT2D eigenvalue weighted by molar-refractivity contribution is 9.18. The molecule has 1 heterocycles. The summed E-state index contributed by atoms with van der Waals surface area (Å²) in [5, 5.41) is 0. The Kier molecular flexibility index (Phi) is 0.696. The number of allylic oxidation sites excluding steroid dienone is 1. The van der Waals surface area contributed by atoms with E-state index in [0.717, 1.165) is 0 Å². The van der Waals surface area contributed by atoms with Crippen LogP contribution in [0.5, 0.6) is 0 Å². The Morgan fingerprint density at radius 1 is 2.00 bits per heavy atom. The summed E-state index contributed by atoms with van der Waals surface area (Å²) < 4.78 is 4.19. The van der Waals surface area contributed by atoms with Crippen LogP contribution in [-0.4, -0.2) is 4.69 Å². The molecule has 0 amide bonds. The fraction of sp³-hybridized carbons (Fsp3) is 0. The Balaban J connectivity index is 2.52. The van der Waals surface area contributed by atoms with Crippen molar-refractivity contribution in [3.8, 4) is 0 Å². The van der Waals surface area contributed by atoms with Gasteiger partial charge in [0.2, 0.25) is 5.76 Å². The first-order valence-corrected chi connectivity index (χ1v) is 2.16. The van der Waals surface area contributed by atoms with Gasteiger partial charge >= 0.3 is 0 Å². The van der Waals surface area contributed by atoms with E-state index in [0.29, 0.717) is 5.76 Å². The Labute approximate surface area is 42.9 Å². The SMILES string of the molecule is O=C(Br)C1=CO1. The first-order chi connectivity index (χ1) is 2.80. The number of rotatable bonds is 1. The van der Waals surface area contributed by atoms with E-state index in [2.05, 4.69) is 20.7 Å². The van der Waals surface area contributed by atoms with Gasteiger partial charge in [0.1, 0.15) is 6.26 Å². The second-order valence-electron chi connectivity index (χ2n) is 0.874. The van der Waals surface area contributed by atoms with Gasteiger partial charge in [-0.2, -0.15) is 0 Å². The molecule has 0 aromatic rings. The molecule has 0 unspecified atom stereocenters. The average molecular weight is 149 g/mol. The molecule has 1 aliphatic rings. The van der Waals surface area contributed by atoms with E-state index < -0.39 is 0 Å². The van der Waals surface area contributed by atoms with Crippen molar-refractivity contribution in [3.05, 3.63) is 12.0 Å². The fourth-order valence-electron chi connectivity index (χ4n) is 0.122. The summed E-state index contributed by atoms with van der Waals surface area (Å²) in [7, 11) is 0. The summed E-state index contributed by atoms with van der Waals surface area (Å²) in [5.41, 5.74) is 0. The first kappa shape index (κ1) is 3.87. The molecule has 0 N–H and O–H groups in total. The smallest absolute Gasteiger partial charge is 0.266 e. The number of hydrogen-bond acceptors (Lipinski definition) is 2. The first-order valence-electron chi connectivity index (χ1n) is 1.37. The topological polar surface area (TPSA) is 29.6 Å². The molecule has 0 bridgehead atoms. The number of carbonyl (C=O) groups is 1. The standard InChI is InChI=1S/C3HBrO2/c4-3(5)2-1-6-2/h1H. The van der Waals surface area contributed by atoms with E-state index in [1.165, 1.54) is 6.26 Å². The molecular weight excluding hydrogens is 148 g/mol. The van der Waals surface area contributed by atoms with Crippen LogP contribution in [0.15, 0.2) is 12.0 Å². The molecule has 1 rings (SSSR count). The Bertz CT molecular complexity index is 116. The van der Waals surface area contributed by atoms with E-state index in [1.807, 2.05) is 0 Å². The number of ether oxygens (including phenoxy) is 1. The van der Waals surface area contributed by atoms with Crippen molar-refractivity contribution in [1.82, 2.24) is 0 Å². The Hall–Kier alpha value is -0.310. The summed E-state index contributed by atoms with van der Waals surface area (Å²) in [6.07, 6.45) is 1.39. The average Bonchev–Trinajstić information content (AvgIpc) is 2.06.